The number of nitrogens with zero attached hydrogens (tertiary/aromatic N) is 2. The molecule has 1 aliphatic heterocycles. The van der Waals surface area contributed by atoms with Gasteiger partial charge in [0.15, 0.2) is 0 Å². The summed E-state index contributed by atoms with van der Waals surface area (Å²) in [5.41, 5.74) is 1.67. The number of piperidine rings is 1. The number of nitrogens with one attached hydrogen (secondary N) is 2. The molecule has 0 spiro atoms. The largest absolute Gasteiger partial charge is 0.350 e. The van der Waals surface area contributed by atoms with Crippen molar-refractivity contribution in [3.63, 3.8) is 0 Å². The zero-order valence-corrected chi connectivity index (χ0v) is 13.2. The number of hydrogen-bond acceptors (Lipinski definition) is 3. The minimum absolute atomic E-state index is 0.0757. The standard InChI is InChI=1S/C16H17ClN4O2/c17-12-3-1-5-14(21-8-7-18-10-21)11(12)9-19-16(23)13-4-2-6-15(22)20-13/h1,3,5,7-8,10,13H,2,4,6,9H2,(H,19,23)(H,20,22). The fourth-order valence-corrected chi connectivity index (χ4v) is 2.90. The van der Waals surface area contributed by atoms with Crippen molar-refractivity contribution in [2.24, 2.45) is 0 Å². The Labute approximate surface area is 138 Å². The van der Waals surface area contributed by atoms with E-state index in [1.165, 1.54) is 0 Å². The molecule has 3 rings (SSSR count). The van der Waals surface area contributed by atoms with E-state index in [4.69, 9.17) is 11.6 Å². The van der Waals surface area contributed by atoms with Crippen LogP contribution < -0.4 is 10.6 Å². The number of carbonyl (C=O) groups is 2. The Kier molecular flexibility index (Phi) is 4.62. The summed E-state index contributed by atoms with van der Waals surface area (Å²) in [4.78, 5) is 27.7. The lowest BCUT2D eigenvalue weighted by molar-refractivity contribution is -0.131. The molecule has 2 N–H and O–H groups in total. The van der Waals surface area contributed by atoms with Gasteiger partial charge in [-0.05, 0) is 25.0 Å². The normalized spacial score (nSPS) is 17.6. The molecular formula is C16H17ClN4O2. The number of aromatic nitrogens is 2. The zero-order chi connectivity index (χ0) is 16.2. The summed E-state index contributed by atoms with van der Waals surface area (Å²) in [5.74, 6) is -0.261. The molecule has 0 saturated carbocycles. The van der Waals surface area contributed by atoms with E-state index in [-0.39, 0.29) is 11.8 Å². The van der Waals surface area contributed by atoms with Crippen LogP contribution in [0.3, 0.4) is 0 Å². The molecule has 0 radical (unpaired) electrons. The first-order valence-electron chi connectivity index (χ1n) is 7.48. The smallest absolute Gasteiger partial charge is 0.242 e. The van der Waals surface area contributed by atoms with Crippen molar-refractivity contribution in [3.05, 3.63) is 47.5 Å². The maximum absolute atomic E-state index is 12.2. The lowest BCUT2D eigenvalue weighted by Gasteiger charge is -2.22. The fraction of sp³-hybridized carbons (Fsp3) is 0.312. The van der Waals surface area contributed by atoms with E-state index in [1.54, 1.807) is 18.6 Å². The van der Waals surface area contributed by atoms with Gasteiger partial charge in [-0.25, -0.2) is 4.98 Å². The highest BCUT2D eigenvalue weighted by atomic mass is 35.5. The molecule has 23 heavy (non-hydrogen) atoms. The van der Waals surface area contributed by atoms with Gasteiger partial charge in [0.05, 0.1) is 12.0 Å². The number of halogens is 1. The number of benzene rings is 1. The van der Waals surface area contributed by atoms with E-state index >= 15 is 0 Å². The fourth-order valence-electron chi connectivity index (χ4n) is 2.67. The number of hydrogen-bond donors (Lipinski definition) is 2. The maximum atomic E-state index is 12.2. The van der Waals surface area contributed by atoms with Crippen LogP contribution in [0.5, 0.6) is 0 Å². The zero-order valence-electron chi connectivity index (χ0n) is 12.5. The van der Waals surface area contributed by atoms with E-state index in [1.807, 2.05) is 22.9 Å². The summed E-state index contributed by atoms with van der Waals surface area (Å²) < 4.78 is 1.84. The van der Waals surface area contributed by atoms with Crippen LogP contribution in [0.2, 0.25) is 5.02 Å². The molecule has 0 aliphatic carbocycles. The Balaban J connectivity index is 1.73. The van der Waals surface area contributed by atoms with Crippen LogP contribution in [-0.4, -0.2) is 27.4 Å². The van der Waals surface area contributed by atoms with Gasteiger partial charge in [-0.15, -0.1) is 0 Å². The number of imidazole rings is 1. The van der Waals surface area contributed by atoms with E-state index in [0.717, 1.165) is 17.7 Å². The third-order valence-electron chi connectivity index (χ3n) is 3.86. The number of amides is 2. The van der Waals surface area contributed by atoms with Crippen molar-refractivity contribution in [1.29, 1.82) is 0 Å². The summed E-state index contributed by atoms with van der Waals surface area (Å²) in [5, 5.41) is 6.14. The van der Waals surface area contributed by atoms with Crippen molar-refractivity contribution in [2.45, 2.75) is 31.8 Å². The van der Waals surface area contributed by atoms with E-state index in [0.29, 0.717) is 24.4 Å². The average molecular weight is 333 g/mol. The number of rotatable bonds is 4. The Morgan fingerprint density at radius 3 is 3.09 bits per heavy atom. The quantitative estimate of drug-likeness (QED) is 0.896. The topological polar surface area (TPSA) is 76.0 Å². The second-order valence-electron chi connectivity index (χ2n) is 5.44. The van der Waals surface area contributed by atoms with E-state index < -0.39 is 6.04 Å². The molecule has 120 valence electrons. The van der Waals surface area contributed by atoms with Crippen LogP contribution >= 0.6 is 11.6 Å². The van der Waals surface area contributed by atoms with Crippen LogP contribution in [0.4, 0.5) is 0 Å². The molecule has 1 aliphatic rings. The van der Waals surface area contributed by atoms with Crippen molar-refractivity contribution < 1.29 is 9.59 Å². The molecule has 2 amide bonds. The monoisotopic (exact) mass is 332 g/mol. The van der Waals surface area contributed by atoms with E-state index in [2.05, 4.69) is 15.6 Å². The highest BCUT2D eigenvalue weighted by molar-refractivity contribution is 6.31. The molecule has 1 aromatic heterocycles. The Bertz CT molecular complexity index is 715. The van der Waals surface area contributed by atoms with Gasteiger partial charge < -0.3 is 15.2 Å². The molecule has 1 saturated heterocycles. The third kappa shape index (κ3) is 3.53. The number of carbonyl (C=O) groups excluding carboxylic acids is 2. The van der Waals surface area contributed by atoms with Gasteiger partial charge in [-0.3, -0.25) is 9.59 Å². The molecular weight excluding hydrogens is 316 g/mol. The highest BCUT2D eigenvalue weighted by Gasteiger charge is 2.24. The van der Waals surface area contributed by atoms with Crippen LogP contribution in [0.25, 0.3) is 5.69 Å². The first-order chi connectivity index (χ1) is 11.1. The molecule has 1 atom stereocenters. The minimum Gasteiger partial charge on any atom is -0.350 e. The summed E-state index contributed by atoms with van der Waals surface area (Å²) in [7, 11) is 0. The third-order valence-corrected chi connectivity index (χ3v) is 4.22. The molecule has 2 aromatic rings. The Morgan fingerprint density at radius 2 is 2.35 bits per heavy atom. The van der Waals surface area contributed by atoms with Crippen LogP contribution in [0.1, 0.15) is 24.8 Å². The summed E-state index contributed by atoms with van der Waals surface area (Å²) in [6, 6.07) is 5.09. The Morgan fingerprint density at radius 1 is 1.48 bits per heavy atom. The molecule has 1 unspecified atom stereocenters. The first kappa shape index (κ1) is 15.6. The van der Waals surface area contributed by atoms with Crippen molar-refractivity contribution in [2.75, 3.05) is 0 Å². The Hall–Kier alpha value is -2.34. The van der Waals surface area contributed by atoms with Crippen LogP contribution in [0.15, 0.2) is 36.9 Å². The van der Waals surface area contributed by atoms with Gasteiger partial charge in [0.1, 0.15) is 6.04 Å². The van der Waals surface area contributed by atoms with Gasteiger partial charge in [0.2, 0.25) is 11.8 Å². The predicted molar refractivity (Wildman–Crippen MR) is 86.2 cm³/mol. The molecule has 1 aromatic carbocycles. The minimum atomic E-state index is -0.463. The van der Waals surface area contributed by atoms with Crippen LogP contribution in [-0.2, 0) is 16.1 Å². The summed E-state index contributed by atoms with van der Waals surface area (Å²) in [6.45, 7) is 0.290. The van der Waals surface area contributed by atoms with Crippen molar-refractivity contribution in [1.82, 2.24) is 20.2 Å². The molecule has 7 heteroatoms. The molecule has 0 bridgehead atoms. The van der Waals surface area contributed by atoms with Gasteiger partial charge in [-0.1, -0.05) is 17.7 Å². The lowest BCUT2D eigenvalue weighted by atomic mass is 10.0. The van der Waals surface area contributed by atoms with Crippen LogP contribution in [0, 0.1) is 0 Å². The summed E-state index contributed by atoms with van der Waals surface area (Å²) in [6.07, 6.45) is 7.06. The van der Waals surface area contributed by atoms with Gasteiger partial charge in [-0.2, -0.15) is 0 Å². The molecule has 6 nitrogen and oxygen atoms in total. The highest BCUT2D eigenvalue weighted by Crippen LogP contribution is 2.23. The average Bonchev–Trinajstić information content (AvgIpc) is 3.07. The van der Waals surface area contributed by atoms with Gasteiger partial charge in [0.25, 0.3) is 0 Å². The predicted octanol–water partition coefficient (Wildman–Crippen LogP) is 1.81. The molecule has 1 fully saturated rings. The molecule has 2 heterocycles. The SMILES string of the molecule is O=C1CCCC(C(=O)NCc2c(Cl)cccc2-n2ccnc2)N1. The second kappa shape index (κ2) is 6.83. The summed E-state index contributed by atoms with van der Waals surface area (Å²) >= 11 is 6.28. The van der Waals surface area contributed by atoms with Crippen molar-refractivity contribution >= 4 is 23.4 Å². The van der Waals surface area contributed by atoms with Gasteiger partial charge >= 0.3 is 0 Å². The van der Waals surface area contributed by atoms with Gasteiger partial charge in [0, 0.05) is 35.9 Å². The van der Waals surface area contributed by atoms with E-state index in [9.17, 15) is 9.59 Å². The first-order valence-corrected chi connectivity index (χ1v) is 7.86. The second-order valence-corrected chi connectivity index (χ2v) is 5.84. The maximum Gasteiger partial charge on any atom is 0.242 e. The van der Waals surface area contributed by atoms with Crippen molar-refractivity contribution in [3.8, 4) is 5.69 Å². The lowest BCUT2D eigenvalue weighted by Crippen LogP contribution is -2.48.